The Hall–Kier alpha value is -2.88. The lowest BCUT2D eigenvalue weighted by Gasteiger charge is -2.52. The molecule has 0 spiro atoms. The van der Waals surface area contributed by atoms with Crippen LogP contribution in [0.1, 0.15) is 44.1 Å². The Kier molecular flexibility index (Phi) is 3.77. The molecule has 6 nitrogen and oxygen atoms in total. The summed E-state index contributed by atoms with van der Waals surface area (Å²) >= 11 is 0. The highest BCUT2D eigenvalue weighted by molar-refractivity contribution is 5.89. The first-order chi connectivity index (χ1) is 13.0. The van der Waals surface area contributed by atoms with Gasteiger partial charge in [-0.2, -0.15) is 15.8 Å². The van der Waals surface area contributed by atoms with Gasteiger partial charge in [0.2, 0.25) is 11.7 Å². The van der Waals surface area contributed by atoms with E-state index in [1.165, 1.54) is 0 Å². The largest absolute Gasteiger partial charge is 0.447 e. The second kappa shape index (κ2) is 5.81. The monoisotopic (exact) mass is 360 g/mol. The van der Waals surface area contributed by atoms with Crippen LogP contribution in [-0.4, -0.2) is 17.8 Å². The minimum Gasteiger partial charge on any atom is -0.447 e. The molecule has 5 unspecified atom stereocenters. The fourth-order valence-corrected chi connectivity index (χ4v) is 5.29. The second-order valence-corrected chi connectivity index (χ2v) is 7.73. The van der Waals surface area contributed by atoms with Crippen molar-refractivity contribution < 1.29 is 9.47 Å². The van der Waals surface area contributed by atoms with Crippen molar-refractivity contribution in [2.45, 2.75) is 50.4 Å². The van der Waals surface area contributed by atoms with Crippen LogP contribution in [0, 0.1) is 56.2 Å². The number of nitrogens with one attached hydrogen (secondary N) is 1. The molecule has 6 heteroatoms. The summed E-state index contributed by atoms with van der Waals surface area (Å²) in [6.45, 7) is 1.90. The van der Waals surface area contributed by atoms with E-state index in [1.807, 2.05) is 37.3 Å². The number of nitrogens with zero attached hydrogens (tertiary/aromatic N) is 3. The molecule has 1 aliphatic carbocycles. The highest BCUT2D eigenvalue weighted by Crippen LogP contribution is 2.67. The van der Waals surface area contributed by atoms with Crippen molar-refractivity contribution in [3.05, 3.63) is 35.9 Å². The summed E-state index contributed by atoms with van der Waals surface area (Å²) in [5.41, 5.74) is -2.50. The van der Waals surface area contributed by atoms with Gasteiger partial charge in [-0.05, 0) is 18.4 Å². The quantitative estimate of drug-likeness (QED) is 0.865. The van der Waals surface area contributed by atoms with E-state index in [0.29, 0.717) is 12.8 Å². The van der Waals surface area contributed by atoms with E-state index in [2.05, 4.69) is 18.2 Å². The van der Waals surface area contributed by atoms with Crippen LogP contribution < -0.4 is 0 Å². The minimum absolute atomic E-state index is 0.289. The first-order valence-electron chi connectivity index (χ1n) is 9.26. The van der Waals surface area contributed by atoms with Gasteiger partial charge in [-0.25, -0.2) is 0 Å². The van der Waals surface area contributed by atoms with Crippen LogP contribution in [0.3, 0.4) is 0 Å². The van der Waals surface area contributed by atoms with Gasteiger partial charge in [0.1, 0.15) is 6.10 Å². The van der Waals surface area contributed by atoms with Crippen molar-refractivity contribution >= 4 is 5.90 Å². The summed E-state index contributed by atoms with van der Waals surface area (Å²) in [7, 11) is 0. The zero-order valence-corrected chi connectivity index (χ0v) is 15.1. The van der Waals surface area contributed by atoms with Crippen LogP contribution in [0.15, 0.2) is 30.3 Å². The van der Waals surface area contributed by atoms with Crippen molar-refractivity contribution in [1.29, 1.82) is 21.2 Å². The van der Waals surface area contributed by atoms with E-state index in [9.17, 15) is 15.8 Å². The van der Waals surface area contributed by atoms with Crippen LogP contribution in [0.25, 0.3) is 0 Å². The molecule has 136 valence electrons. The van der Waals surface area contributed by atoms with Gasteiger partial charge in [0.15, 0.2) is 10.8 Å². The van der Waals surface area contributed by atoms with Crippen LogP contribution in [0.5, 0.6) is 0 Å². The third-order valence-corrected chi connectivity index (χ3v) is 6.64. The summed E-state index contributed by atoms with van der Waals surface area (Å²) in [6, 6.07) is 16.0. The van der Waals surface area contributed by atoms with Crippen molar-refractivity contribution in [2.24, 2.45) is 16.7 Å². The Balaban J connectivity index is 1.94. The van der Waals surface area contributed by atoms with Crippen molar-refractivity contribution in [3.63, 3.8) is 0 Å². The number of ether oxygens (including phenoxy) is 2. The molecule has 5 atom stereocenters. The Morgan fingerprint density at radius 2 is 1.81 bits per heavy atom. The first-order valence-corrected chi connectivity index (χ1v) is 9.26. The van der Waals surface area contributed by atoms with Gasteiger partial charge in [0.05, 0.1) is 24.1 Å². The maximum absolute atomic E-state index is 10.2. The number of benzene rings is 1. The molecule has 1 saturated carbocycles. The lowest BCUT2D eigenvalue weighted by molar-refractivity contribution is -0.295. The standard InChI is InChI=1S/C21H20N4O2/c1-14(15-7-3-2-4-8-15)17-19(11-22,12-23)20(13-24)16-9-5-6-10-21(16,26-17)27-18(20)25/h2-4,7-8,14,16-17,25H,5-6,9-10H2,1H3. The molecular weight excluding hydrogens is 340 g/mol. The van der Waals surface area contributed by atoms with Gasteiger partial charge < -0.3 is 9.47 Å². The van der Waals surface area contributed by atoms with E-state index in [-0.39, 0.29) is 11.8 Å². The summed E-state index contributed by atoms with van der Waals surface area (Å²) in [5.74, 6) is -2.17. The van der Waals surface area contributed by atoms with E-state index < -0.39 is 28.6 Å². The molecule has 4 rings (SSSR count). The van der Waals surface area contributed by atoms with Crippen molar-refractivity contribution in [2.75, 3.05) is 0 Å². The molecule has 3 aliphatic rings. The molecule has 2 bridgehead atoms. The van der Waals surface area contributed by atoms with E-state index >= 15 is 0 Å². The van der Waals surface area contributed by atoms with Crippen LogP contribution >= 0.6 is 0 Å². The number of hydrogen-bond donors (Lipinski definition) is 1. The summed E-state index contributed by atoms with van der Waals surface area (Å²) < 4.78 is 12.3. The molecule has 2 heterocycles. The average Bonchev–Trinajstić information content (AvgIpc) is 2.92. The maximum atomic E-state index is 10.2. The third kappa shape index (κ3) is 1.93. The van der Waals surface area contributed by atoms with Crippen LogP contribution in [0.4, 0.5) is 0 Å². The SMILES string of the molecule is CC(c1ccccc1)C1OC23CCCCC2C(C#N)(C(=N)O3)C1(C#N)C#N. The van der Waals surface area contributed by atoms with Gasteiger partial charge in [0, 0.05) is 12.3 Å². The highest BCUT2D eigenvalue weighted by Gasteiger charge is 2.80. The second-order valence-electron chi connectivity index (χ2n) is 7.73. The minimum atomic E-state index is -1.81. The zero-order valence-electron chi connectivity index (χ0n) is 15.1. The van der Waals surface area contributed by atoms with Gasteiger partial charge in [-0.1, -0.05) is 43.7 Å². The molecule has 0 radical (unpaired) electrons. The molecule has 27 heavy (non-hydrogen) atoms. The predicted octanol–water partition coefficient (Wildman–Crippen LogP) is 3.63. The Morgan fingerprint density at radius 3 is 2.44 bits per heavy atom. The van der Waals surface area contributed by atoms with E-state index in [1.54, 1.807) is 0 Å². The molecule has 2 saturated heterocycles. The Bertz CT molecular complexity index is 895. The molecule has 1 N–H and O–H groups in total. The number of nitriles is 3. The number of rotatable bonds is 2. The maximum Gasteiger partial charge on any atom is 0.217 e. The molecule has 0 aromatic heterocycles. The molecule has 2 aliphatic heterocycles. The topological polar surface area (TPSA) is 114 Å². The van der Waals surface area contributed by atoms with Gasteiger partial charge >= 0.3 is 0 Å². The van der Waals surface area contributed by atoms with E-state index in [4.69, 9.17) is 14.9 Å². The van der Waals surface area contributed by atoms with Crippen molar-refractivity contribution in [3.8, 4) is 18.2 Å². The molecule has 1 aromatic carbocycles. The Labute approximate surface area is 158 Å². The fourth-order valence-electron chi connectivity index (χ4n) is 5.29. The summed E-state index contributed by atoms with van der Waals surface area (Å²) in [5, 5.41) is 39.0. The van der Waals surface area contributed by atoms with Gasteiger partial charge in [0.25, 0.3) is 0 Å². The van der Waals surface area contributed by atoms with Crippen molar-refractivity contribution in [1.82, 2.24) is 0 Å². The normalized spacial score (nSPS) is 37.0. The third-order valence-electron chi connectivity index (χ3n) is 6.64. The summed E-state index contributed by atoms with van der Waals surface area (Å²) in [4.78, 5) is 0. The highest BCUT2D eigenvalue weighted by atomic mass is 16.7. The fraction of sp³-hybridized carbons (Fsp3) is 0.524. The predicted molar refractivity (Wildman–Crippen MR) is 94.9 cm³/mol. The molecule has 3 fully saturated rings. The summed E-state index contributed by atoms with van der Waals surface area (Å²) in [6.07, 6.45) is 2.03. The molecular formula is C21H20N4O2. The van der Waals surface area contributed by atoms with E-state index in [0.717, 1.165) is 18.4 Å². The first kappa shape index (κ1) is 17.5. The van der Waals surface area contributed by atoms with Crippen LogP contribution in [-0.2, 0) is 9.47 Å². The molecule has 1 aromatic rings. The van der Waals surface area contributed by atoms with Crippen LogP contribution in [0.2, 0.25) is 0 Å². The van der Waals surface area contributed by atoms with Gasteiger partial charge in [-0.15, -0.1) is 0 Å². The van der Waals surface area contributed by atoms with Gasteiger partial charge in [-0.3, -0.25) is 5.41 Å². The lowest BCUT2D eigenvalue weighted by Crippen LogP contribution is -2.64. The average molecular weight is 360 g/mol. The Morgan fingerprint density at radius 1 is 1.11 bits per heavy atom. The molecule has 0 amide bonds. The smallest absolute Gasteiger partial charge is 0.217 e. The zero-order chi connectivity index (χ0) is 19.3. The number of hydrogen-bond acceptors (Lipinski definition) is 6. The lowest BCUT2D eigenvalue weighted by atomic mass is 9.50.